The number of rotatable bonds is 3. The normalized spacial score (nSPS) is 11.5. The maximum absolute atomic E-state index is 3.50. The van der Waals surface area contributed by atoms with Crippen molar-refractivity contribution in [1.82, 2.24) is 4.98 Å². The molecule has 0 spiro atoms. The van der Waals surface area contributed by atoms with Gasteiger partial charge in [0.05, 0.1) is 0 Å². The number of para-hydroxylation sites is 1. The van der Waals surface area contributed by atoms with E-state index in [-0.39, 0.29) is 0 Å². The Morgan fingerprint density at radius 1 is 0.520 bits per heavy atom. The number of nitrogens with one attached hydrogen (secondary N) is 1. The fraction of sp³-hybridized carbons (Fsp3) is 0.0833. The van der Waals surface area contributed by atoms with Crippen molar-refractivity contribution in [2.45, 2.75) is 12.8 Å². The van der Waals surface area contributed by atoms with Gasteiger partial charge in [-0.05, 0) is 52.9 Å². The molecule has 0 unspecified atom stereocenters. The van der Waals surface area contributed by atoms with Crippen molar-refractivity contribution in [2.24, 2.45) is 0 Å². The summed E-state index contributed by atoms with van der Waals surface area (Å²) in [7, 11) is 0. The van der Waals surface area contributed by atoms with E-state index in [0.717, 1.165) is 12.8 Å². The van der Waals surface area contributed by atoms with Gasteiger partial charge in [0.15, 0.2) is 0 Å². The van der Waals surface area contributed by atoms with Crippen molar-refractivity contribution in [3.05, 3.63) is 96.1 Å². The summed E-state index contributed by atoms with van der Waals surface area (Å²) in [5.41, 5.74) is 5.22. The van der Waals surface area contributed by atoms with E-state index in [0.29, 0.717) is 0 Å². The number of aryl methyl sites for hydroxylation is 2. The molecule has 0 aliphatic carbocycles. The van der Waals surface area contributed by atoms with Gasteiger partial charge in [0.1, 0.15) is 0 Å². The Morgan fingerprint density at radius 3 is 2.12 bits per heavy atom. The van der Waals surface area contributed by atoms with Gasteiger partial charge in [-0.1, -0.05) is 66.7 Å². The Balaban J connectivity index is 1.45. The molecule has 5 rings (SSSR count). The minimum absolute atomic E-state index is 1.06. The number of benzene rings is 4. The summed E-state index contributed by atoms with van der Waals surface area (Å²) in [6, 6.07) is 30.7. The molecule has 1 N–H and O–H groups in total. The number of aromatic nitrogens is 1. The fourth-order valence-electron chi connectivity index (χ4n) is 3.73. The van der Waals surface area contributed by atoms with Crippen LogP contribution in [0, 0.1) is 0 Å². The standard InChI is InChI=1S/C24H19N/c1-2-6-20-15-17(11-13-19(20)5-1)9-10-18-12-14-24-22(16-18)21-7-3-4-8-23(21)25-24/h1-8,11-16,25H,9-10H2. The Morgan fingerprint density at radius 2 is 1.20 bits per heavy atom. The molecule has 0 amide bonds. The average molecular weight is 321 g/mol. The van der Waals surface area contributed by atoms with Crippen LogP contribution in [0.3, 0.4) is 0 Å². The molecule has 0 radical (unpaired) electrons. The Bertz CT molecular complexity index is 1200. The van der Waals surface area contributed by atoms with Crippen LogP contribution in [-0.2, 0) is 12.8 Å². The lowest BCUT2D eigenvalue weighted by molar-refractivity contribution is 0.964. The first-order valence-electron chi connectivity index (χ1n) is 8.84. The zero-order valence-electron chi connectivity index (χ0n) is 14.0. The molecule has 0 aliphatic rings. The van der Waals surface area contributed by atoms with Crippen LogP contribution < -0.4 is 0 Å². The largest absolute Gasteiger partial charge is 0.355 e. The molecule has 0 saturated heterocycles. The lowest BCUT2D eigenvalue weighted by atomic mass is 10.00. The third-order valence-corrected chi connectivity index (χ3v) is 5.09. The lowest BCUT2D eigenvalue weighted by Gasteiger charge is -2.05. The first-order valence-corrected chi connectivity index (χ1v) is 8.84. The third kappa shape index (κ3) is 2.58. The van der Waals surface area contributed by atoms with Crippen molar-refractivity contribution in [3.8, 4) is 0 Å². The van der Waals surface area contributed by atoms with Crippen molar-refractivity contribution in [2.75, 3.05) is 0 Å². The lowest BCUT2D eigenvalue weighted by Crippen LogP contribution is -1.91. The highest BCUT2D eigenvalue weighted by atomic mass is 14.7. The zero-order chi connectivity index (χ0) is 16.6. The zero-order valence-corrected chi connectivity index (χ0v) is 14.0. The summed E-state index contributed by atoms with van der Waals surface area (Å²) in [5, 5.41) is 5.27. The van der Waals surface area contributed by atoms with Gasteiger partial charge in [0.25, 0.3) is 0 Å². The fourth-order valence-corrected chi connectivity index (χ4v) is 3.73. The van der Waals surface area contributed by atoms with Gasteiger partial charge in [0, 0.05) is 21.8 Å². The molecule has 0 saturated carbocycles. The summed E-state index contributed by atoms with van der Waals surface area (Å²) in [6.07, 6.45) is 2.13. The van der Waals surface area contributed by atoms with Crippen LogP contribution in [0.4, 0.5) is 0 Å². The number of fused-ring (bicyclic) bond motifs is 4. The van der Waals surface area contributed by atoms with Crippen molar-refractivity contribution >= 4 is 32.6 Å². The molecule has 0 fully saturated rings. The van der Waals surface area contributed by atoms with E-state index in [1.165, 1.54) is 43.7 Å². The molecule has 1 nitrogen and oxygen atoms in total. The quantitative estimate of drug-likeness (QED) is 0.404. The van der Waals surface area contributed by atoms with Crippen LogP contribution >= 0.6 is 0 Å². The van der Waals surface area contributed by atoms with E-state index in [1.54, 1.807) is 0 Å². The minimum Gasteiger partial charge on any atom is -0.355 e. The highest BCUT2D eigenvalue weighted by molar-refractivity contribution is 6.07. The van der Waals surface area contributed by atoms with Crippen molar-refractivity contribution in [3.63, 3.8) is 0 Å². The summed E-state index contributed by atoms with van der Waals surface area (Å²) >= 11 is 0. The van der Waals surface area contributed by atoms with E-state index in [1.807, 2.05) is 0 Å². The Labute approximate surface area is 146 Å². The van der Waals surface area contributed by atoms with Gasteiger partial charge < -0.3 is 4.98 Å². The molecule has 4 aromatic carbocycles. The molecular weight excluding hydrogens is 302 g/mol. The summed E-state index contributed by atoms with van der Waals surface area (Å²) < 4.78 is 0. The minimum atomic E-state index is 1.06. The number of H-pyrrole nitrogens is 1. The van der Waals surface area contributed by atoms with Gasteiger partial charge in [-0.15, -0.1) is 0 Å². The van der Waals surface area contributed by atoms with E-state index >= 15 is 0 Å². The van der Waals surface area contributed by atoms with Crippen molar-refractivity contribution < 1.29 is 0 Å². The Hall–Kier alpha value is -3.06. The molecule has 0 bridgehead atoms. The van der Waals surface area contributed by atoms with Gasteiger partial charge >= 0.3 is 0 Å². The molecule has 5 aromatic rings. The van der Waals surface area contributed by atoms with E-state index in [2.05, 4.69) is 89.9 Å². The molecule has 0 atom stereocenters. The first kappa shape index (κ1) is 14.3. The second kappa shape index (κ2) is 5.78. The van der Waals surface area contributed by atoms with E-state index < -0.39 is 0 Å². The van der Waals surface area contributed by atoms with Gasteiger partial charge in [0.2, 0.25) is 0 Å². The number of hydrogen-bond acceptors (Lipinski definition) is 0. The maximum atomic E-state index is 3.50. The van der Waals surface area contributed by atoms with Crippen LogP contribution in [0.25, 0.3) is 32.6 Å². The second-order valence-electron chi connectivity index (χ2n) is 6.73. The van der Waals surface area contributed by atoms with Gasteiger partial charge in [-0.3, -0.25) is 0 Å². The van der Waals surface area contributed by atoms with Gasteiger partial charge in [-0.25, -0.2) is 0 Å². The molecule has 120 valence electrons. The molecule has 0 aliphatic heterocycles. The van der Waals surface area contributed by atoms with Crippen LogP contribution in [0.1, 0.15) is 11.1 Å². The highest BCUT2D eigenvalue weighted by Gasteiger charge is 2.05. The number of aromatic amines is 1. The topological polar surface area (TPSA) is 15.8 Å². The molecule has 1 heterocycles. The van der Waals surface area contributed by atoms with Crippen LogP contribution in [0.15, 0.2) is 84.9 Å². The van der Waals surface area contributed by atoms with Crippen LogP contribution in [0.2, 0.25) is 0 Å². The summed E-state index contributed by atoms with van der Waals surface area (Å²) in [6.45, 7) is 0. The average Bonchev–Trinajstić information content (AvgIpc) is 3.04. The highest BCUT2D eigenvalue weighted by Crippen LogP contribution is 2.26. The summed E-state index contributed by atoms with van der Waals surface area (Å²) in [5.74, 6) is 0. The van der Waals surface area contributed by atoms with Crippen LogP contribution in [0.5, 0.6) is 0 Å². The van der Waals surface area contributed by atoms with E-state index in [4.69, 9.17) is 0 Å². The summed E-state index contributed by atoms with van der Waals surface area (Å²) in [4.78, 5) is 3.50. The van der Waals surface area contributed by atoms with E-state index in [9.17, 15) is 0 Å². The predicted octanol–water partition coefficient (Wildman–Crippen LogP) is 6.26. The molecule has 25 heavy (non-hydrogen) atoms. The number of hydrogen-bond donors (Lipinski definition) is 1. The first-order chi connectivity index (χ1) is 12.4. The molecule has 1 aromatic heterocycles. The van der Waals surface area contributed by atoms with Crippen LogP contribution in [-0.4, -0.2) is 4.98 Å². The van der Waals surface area contributed by atoms with Crippen molar-refractivity contribution in [1.29, 1.82) is 0 Å². The Kier molecular flexibility index (Phi) is 3.31. The second-order valence-corrected chi connectivity index (χ2v) is 6.73. The monoisotopic (exact) mass is 321 g/mol. The smallest absolute Gasteiger partial charge is 0.0465 e. The SMILES string of the molecule is c1ccc2cc(CCc3ccc4[nH]c5ccccc5c4c3)ccc2c1. The van der Waals surface area contributed by atoms with Gasteiger partial charge in [-0.2, -0.15) is 0 Å². The predicted molar refractivity (Wildman–Crippen MR) is 107 cm³/mol. The molecule has 1 heteroatoms. The maximum Gasteiger partial charge on any atom is 0.0465 e. The third-order valence-electron chi connectivity index (χ3n) is 5.09. The molecular formula is C24H19N.